The van der Waals surface area contributed by atoms with Crippen molar-refractivity contribution in [3.8, 4) is 5.69 Å². The number of hydrogen-bond donors (Lipinski definition) is 1. The maximum atomic E-state index is 13.8. The van der Waals surface area contributed by atoms with Gasteiger partial charge in [-0.1, -0.05) is 0 Å². The third kappa shape index (κ3) is 3.76. The van der Waals surface area contributed by atoms with Crippen LogP contribution in [0.25, 0.3) is 11.8 Å². The molecular weight excluding hydrogens is 486 g/mol. The van der Waals surface area contributed by atoms with Crippen LogP contribution in [-0.2, 0) is 9.59 Å². The highest BCUT2D eigenvalue weighted by Crippen LogP contribution is 2.62. The Morgan fingerprint density at radius 1 is 1.05 bits per heavy atom. The second-order valence-corrected chi connectivity index (χ2v) is 11.7. The van der Waals surface area contributed by atoms with Crippen LogP contribution in [-0.4, -0.2) is 43.5 Å². The molecule has 4 amide bonds. The molecule has 1 atom stereocenters. The number of non-ortho nitro benzene ring substituents is 1. The summed E-state index contributed by atoms with van der Waals surface area (Å²) in [5.41, 5.74) is 2.27. The number of amides is 4. The highest BCUT2D eigenvalue weighted by atomic mass is 16.6. The first kappa shape index (κ1) is 24.5. The Morgan fingerprint density at radius 3 is 2.18 bits per heavy atom. The van der Waals surface area contributed by atoms with Crippen molar-refractivity contribution in [3.63, 3.8) is 0 Å². The molecule has 5 aliphatic rings. The van der Waals surface area contributed by atoms with E-state index in [9.17, 15) is 24.5 Å². The van der Waals surface area contributed by atoms with Gasteiger partial charge in [-0.15, -0.1) is 0 Å². The molecule has 4 saturated carbocycles. The van der Waals surface area contributed by atoms with Crippen LogP contribution in [0.1, 0.15) is 62.4 Å². The van der Waals surface area contributed by atoms with Gasteiger partial charge in [0.15, 0.2) is 0 Å². The van der Waals surface area contributed by atoms with Gasteiger partial charge in [-0.25, -0.2) is 9.48 Å². The van der Waals surface area contributed by atoms with E-state index in [0.717, 1.165) is 19.3 Å². The standard InChI is InChI=1S/C28H31N5O5/c1-15-23(16(2)32(30-15)21-4-6-22(7-5-21)33(37)38)11-24-25(34)29-27(36)31(26(24)35)17(3)28-12-18-8-19(13-28)10-20(9-18)14-28/h4-7,11,17-20H,8-10,12-14H2,1-3H3,(H,29,34,36)/b24-11+. The molecule has 1 unspecified atom stereocenters. The number of aryl methyl sites for hydroxylation is 1. The third-order valence-electron chi connectivity index (χ3n) is 9.43. The molecule has 1 aromatic heterocycles. The number of carbonyl (C=O) groups is 3. The minimum absolute atomic E-state index is 0.0278. The Hall–Kier alpha value is -3.82. The van der Waals surface area contributed by atoms with Gasteiger partial charge in [0.25, 0.3) is 17.5 Å². The molecular formula is C28H31N5O5. The fraction of sp³-hybridized carbons (Fsp3) is 0.500. The lowest BCUT2D eigenvalue weighted by Crippen LogP contribution is -2.63. The average molecular weight is 518 g/mol. The quantitative estimate of drug-likeness (QED) is 0.270. The summed E-state index contributed by atoms with van der Waals surface area (Å²) in [7, 11) is 0. The number of nitrogens with zero attached hydrogens (tertiary/aromatic N) is 4. The van der Waals surface area contributed by atoms with Crippen LogP contribution in [0, 0.1) is 47.1 Å². The smallest absolute Gasteiger partial charge is 0.273 e. The zero-order chi connectivity index (χ0) is 26.9. The van der Waals surface area contributed by atoms with E-state index in [1.165, 1.54) is 42.4 Å². The van der Waals surface area contributed by atoms with Crippen LogP contribution in [0.4, 0.5) is 10.5 Å². The number of nitro groups is 1. The molecule has 0 radical (unpaired) electrons. The number of hydrogen-bond acceptors (Lipinski definition) is 6. The Labute approximate surface area is 220 Å². The maximum Gasteiger partial charge on any atom is 0.331 e. The Bertz CT molecular complexity index is 1370. The van der Waals surface area contributed by atoms with Gasteiger partial charge in [0.2, 0.25) is 0 Å². The Balaban J connectivity index is 1.32. The first-order chi connectivity index (χ1) is 18.1. The molecule has 1 N–H and O–H groups in total. The molecule has 10 heteroatoms. The Morgan fingerprint density at radius 2 is 1.63 bits per heavy atom. The highest BCUT2D eigenvalue weighted by Gasteiger charge is 2.56. The molecule has 5 fully saturated rings. The maximum absolute atomic E-state index is 13.8. The van der Waals surface area contributed by atoms with Crippen molar-refractivity contribution in [1.29, 1.82) is 0 Å². The van der Waals surface area contributed by atoms with E-state index in [2.05, 4.69) is 10.4 Å². The van der Waals surface area contributed by atoms with E-state index in [1.807, 2.05) is 6.92 Å². The zero-order valence-corrected chi connectivity index (χ0v) is 21.8. The van der Waals surface area contributed by atoms with Crippen molar-refractivity contribution in [3.05, 3.63) is 56.9 Å². The lowest BCUT2D eigenvalue weighted by molar-refractivity contribution is -0.384. The lowest BCUT2D eigenvalue weighted by atomic mass is 9.47. The van der Waals surface area contributed by atoms with Crippen molar-refractivity contribution in [2.24, 2.45) is 23.2 Å². The summed E-state index contributed by atoms with van der Waals surface area (Å²) in [6.45, 7) is 5.55. The van der Waals surface area contributed by atoms with Gasteiger partial charge in [-0.3, -0.25) is 29.9 Å². The largest absolute Gasteiger partial charge is 0.331 e. The van der Waals surface area contributed by atoms with Crippen molar-refractivity contribution in [1.82, 2.24) is 20.0 Å². The van der Waals surface area contributed by atoms with Crippen molar-refractivity contribution < 1.29 is 19.3 Å². The number of nitrogens with one attached hydrogen (secondary N) is 1. The van der Waals surface area contributed by atoms with Crippen LogP contribution in [0.5, 0.6) is 0 Å². The van der Waals surface area contributed by atoms with Gasteiger partial charge >= 0.3 is 6.03 Å². The topological polar surface area (TPSA) is 127 Å². The predicted molar refractivity (Wildman–Crippen MR) is 138 cm³/mol. The molecule has 1 aromatic carbocycles. The van der Waals surface area contributed by atoms with Gasteiger partial charge in [0.1, 0.15) is 5.57 Å². The fourth-order valence-electron chi connectivity index (χ4n) is 7.96. The molecule has 2 heterocycles. The summed E-state index contributed by atoms with van der Waals surface area (Å²) >= 11 is 0. The summed E-state index contributed by atoms with van der Waals surface area (Å²) < 4.78 is 1.62. The van der Waals surface area contributed by atoms with E-state index < -0.39 is 22.8 Å². The molecule has 38 heavy (non-hydrogen) atoms. The second-order valence-electron chi connectivity index (χ2n) is 11.7. The van der Waals surface area contributed by atoms with E-state index in [-0.39, 0.29) is 22.7 Å². The van der Waals surface area contributed by atoms with Crippen LogP contribution >= 0.6 is 0 Å². The van der Waals surface area contributed by atoms with Crippen LogP contribution in [0.3, 0.4) is 0 Å². The number of carbonyl (C=O) groups excluding carboxylic acids is 3. The molecule has 1 aliphatic heterocycles. The van der Waals surface area contributed by atoms with Crippen LogP contribution in [0.15, 0.2) is 29.8 Å². The molecule has 7 rings (SSSR count). The SMILES string of the molecule is Cc1nn(-c2ccc([N+](=O)[O-])cc2)c(C)c1/C=C1\C(=O)NC(=O)N(C(C)C23CC4CC(CC(C4)C2)C3)C1=O. The summed E-state index contributed by atoms with van der Waals surface area (Å²) in [5, 5.41) is 18.0. The van der Waals surface area contributed by atoms with Gasteiger partial charge < -0.3 is 0 Å². The zero-order valence-electron chi connectivity index (χ0n) is 21.8. The number of imide groups is 2. The number of rotatable bonds is 5. The first-order valence-corrected chi connectivity index (χ1v) is 13.3. The molecule has 198 valence electrons. The average Bonchev–Trinajstić information content (AvgIpc) is 3.13. The monoisotopic (exact) mass is 517 g/mol. The number of urea groups is 1. The van der Waals surface area contributed by atoms with Crippen molar-refractivity contribution in [2.45, 2.75) is 65.3 Å². The molecule has 10 nitrogen and oxygen atoms in total. The van der Waals surface area contributed by atoms with Crippen molar-refractivity contribution >= 4 is 29.6 Å². The van der Waals surface area contributed by atoms with E-state index >= 15 is 0 Å². The summed E-state index contributed by atoms with van der Waals surface area (Å²) in [6.07, 6.45) is 8.38. The summed E-state index contributed by atoms with van der Waals surface area (Å²) in [6, 6.07) is 5.05. The fourth-order valence-corrected chi connectivity index (χ4v) is 7.96. The third-order valence-corrected chi connectivity index (χ3v) is 9.43. The minimum atomic E-state index is -0.712. The summed E-state index contributed by atoms with van der Waals surface area (Å²) in [5.74, 6) is 0.719. The number of aromatic nitrogens is 2. The van der Waals surface area contributed by atoms with Gasteiger partial charge in [-0.05, 0) is 101 Å². The lowest BCUT2D eigenvalue weighted by Gasteiger charge is -2.60. The van der Waals surface area contributed by atoms with Crippen molar-refractivity contribution in [2.75, 3.05) is 0 Å². The van der Waals surface area contributed by atoms with Crippen LogP contribution in [0.2, 0.25) is 0 Å². The summed E-state index contributed by atoms with van der Waals surface area (Å²) in [4.78, 5) is 51.5. The number of nitro benzene ring substituents is 1. The first-order valence-electron chi connectivity index (χ1n) is 13.3. The molecule has 0 spiro atoms. The van der Waals surface area contributed by atoms with Crippen LogP contribution < -0.4 is 5.32 Å². The Kier molecular flexibility index (Phi) is 5.55. The molecule has 4 bridgehead atoms. The van der Waals surface area contributed by atoms with E-state index in [1.54, 1.807) is 30.7 Å². The normalized spacial score (nSPS) is 30.2. The highest BCUT2D eigenvalue weighted by molar-refractivity contribution is 6.31. The van der Waals surface area contributed by atoms with E-state index in [4.69, 9.17) is 0 Å². The number of benzene rings is 1. The van der Waals surface area contributed by atoms with E-state index in [0.29, 0.717) is 40.4 Å². The van der Waals surface area contributed by atoms with Gasteiger partial charge in [-0.2, -0.15) is 5.10 Å². The molecule has 1 saturated heterocycles. The molecule has 4 aliphatic carbocycles. The van der Waals surface area contributed by atoms with Gasteiger partial charge in [0.05, 0.1) is 16.3 Å². The minimum Gasteiger partial charge on any atom is -0.273 e. The predicted octanol–water partition coefficient (Wildman–Crippen LogP) is 4.46. The second kappa shape index (κ2) is 8.61. The number of barbiturate groups is 1. The molecule has 2 aromatic rings. The van der Waals surface area contributed by atoms with Gasteiger partial charge in [0, 0.05) is 29.4 Å².